The zero-order valence-electron chi connectivity index (χ0n) is 10.3. The number of urea groups is 1. The van der Waals surface area contributed by atoms with Crippen LogP contribution < -0.4 is 5.32 Å². The highest BCUT2D eigenvalue weighted by Crippen LogP contribution is 2.41. The molecule has 2 aliphatic rings. The Morgan fingerprint density at radius 3 is 2.81 bits per heavy atom. The molecule has 3 nitrogen and oxygen atoms in total. The van der Waals surface area contributed by atoms with Crippen LogP contribution in [0, 0.1) is 11.8 Å². The van der Waals surface area contributed by atoms with Gasteiger partial charge in [-0.1, -0.05) is 25.5 Å². The van der Waals surface area contributed by atoms with E-state index in [1.165, 1.54) is 6.42 Å². The van der Waals surface area contributed by atoms with E-state index in [-0.39, 0.29) is 6.03 Å². The zero-order chi connectivity index (χ0) is 11.5. The van der Waals surface area contributed by atoms with Crippen molar-refractivity contribution in [3.63, 3.8) is 0 Å². The Hall–Kier alpha value is -0.990. The van der Waals surface area contributed by atoms with Crippen LogP contribution in [0.1, 0.15) is 32.6 Å². The van der Waals surface area contributed by atoms with Crippen LogP contribution in [-0.4, -0.2) is 30.6 Å². The van der Waals surface area contributed by atoms with Crippen LogP contribution in [0.5, 0.6) is 0 Å². The molecule has 2 rings (SSSR count). The molecule has 90 valence electrons. The van der Waals surface area contributed by atoms with Gasteiger partial charge in [0.1, 0.15) is 0 Å². The summed E-state index contributed by atoms with van der Waals surface area (Å²) >= 11 is 0. The van der Waals surface area contributed by atoms with Gasteiger partial charge in [-0.05, 0) is 31.1 Å². The smallest absolute Gasteiger partial charge is 0.317 e. The first-order chi connectivity index (χ1) is 7.72. The van der Waals surface area contributed by atoms with Crippen molar-refractivity contribution < 1.29 is 4.79 Å². The molecule has 3 atom stereocenters. The fraction of sp³-hybridized carbons (Fsp3) is 0.769. The van der Waals surface area contributed by atoms with Crippen molar-refractivity contribution in [2.45, 2.75) is 38.6 Å². The Morgan fingerprint density at radius 1 is 1.44 bits per heavy atom. The fourth-order valence-electron chi connectivity index (χ4n) is 2.84. The second-order valence-electron chi connectivity index (χ2n) is 5.04. The number of hydrogen-bond donors (Lipinski definition) is 1. The summed E-state index contributed by atoms with van der Waals surface area (Å²) < 4.78 is 0. The van der Waals surface area contributed by atoms with Crippen LogP contribution in [0.4, 0.5) is 4.79 Å². The molecule has 0 radical (unpaired) electrons. The van der Waals surface area contributed by atoms with E-state index in [1.807, 2.05) is 11.9 Å². The molecule has 0 aromatic carbocycles. The lowest BCUT2D eigenvalue weighted by atomic mass is 10.0. The van der Waals surface area contributed by atoms with Crippen LogP contribution in [-0.2, 0) is 0 Å². The summed E-state index contributed by atoms with van der Waals surface area (Å²) in [5.74, 6) is 1.33. The number of carbonyl (C=O) groups is 1. The minimum Gasteiger partial charge on any atom is -0.338 e. The number of rotatable bonds is 4. The van der Waals surface area contributed by atoms with Gasteiger partial charge in [-0.2, -0.15) is 0 Å². The van der Waals surface area contributed by atoms with Gasteiger partial charge in [0, 0.05) is 19.6 Å². The Labute approximate surface area is 97.9 Å². The molecule has 0 unspecified atom stereocenters. The number of hydrogen-bond acceptors (Lipinski definition) is 1. The van der Waals surface area contributed by atoms with E-state index in [2.05, 4.69) is 24.4 Å². The van der Waals surface area contributed by atoms with Crippen molar-refractivity contribution in [2.24, 2.45) is 11.8 Å². The van der Waals surface area contributed by atoms with E-state index >= 15 is 0 Å². The molecule has 0 aliphatic heterocycles. The number of fused-ring (bicyclic) bond motifs is 2. The van der Waals surface area contributed by atoms with Gasteiger partial charge in [0.15, 0.2) is 0 Å². The third kappa shape index (κ3) is 2.23. The van der Waals surface area contributed by atoms with Gasteiger partial charge in [-0.15, -0.1) is 0 Å². The molecule has 0 aromatic rings. The molecular weight excluding hydrogens is 200 g/mol. The maximum atomic E-state index is 11.9. The average molecular weight is 222 g/mol. The summed E-state index contributed by atoms with van der Waals surface area (Å²) in [5.41, 5.74) is 0. The van der Waals surface area contributed by atoms with E-state index in [1.54, 1.807) is 0 Å². The minimum absolute atomic E-state index is 0.0967. The second-order valence-corrected chi connectivity index (χ2v) is 5.04. The number of nitrogens with zero attached hydrogens (tertiary/aromatic N) is 1. The molecule has 1 fully saturated rings. The monoisotopic (exact) mass is 222 g/mol. The van der Waals surface area contributed by atoms with Crippen molar-refractivity contribution in [1.82, 2.24) is 10.2 Å². The third-order valence-corrected chi connectivity index (χ3v) is 3.87. The van der Waals surface area contributed by atoms with Crippen molar-refractivity contribution >= 4 is 6.03 Å². The lowest BCUT2D eigenvalue weighted by Gasteiger charge is -2.29. The Morgan fingerprint density at radius 2 is 2.25 bits per heavy atom. The highest BCUT2D eigenvalue weighted by atomic mass is 16.2. The zero-order valence-corrected chi connectivity index (χ0v) is 10.3. The summed E-state index contributed by atoms with van der Waals surface area (Å²) in [7, 11) is 1.93. The van der Waals surface area contributed by atoms with Gasteiger partial charge in [0.25, 0.3) is 0 Å². The first-order valence-electron chi connectivity index (χ1n) is 6.41. The van der Waals surface area contributed by atoms with Crippen molar-refractivity contribution in [1.29, 1.82) is 0 Å². The maximum Gasteiger partial charge on any atom is 0.317 e. The van der Waals surface area contributed by atoms with Gasteiger partial charge < -0.3 is 10.2 Å². The van der Waals surface area contributed by atoms with Gasteiger partial charge >= 0.3 is 6.03 Å². The molecule has 0 aromatic heterocycles. The third-order valence-electron chi connectivity index (χ3n) is 3.87. The van der Waals surface area contributed by atoms with Gasteiger partial charge in [0.2, 0.25) is 0 Å². The first-order valence-corrected chi connectivity index (χ1v) is 6.41. The Kier molecular flexibility index (Phi) is 3.52. The quantitative estimate of drug-likeness (QED) is 0.575. The Balaban J connectivity index is 1.81. The van der Waals surface area contributed by atoms with Crippen LogP contribution in [0.15, 0.2) is 12.2 Å². The largest absolute Gasteiger partial charge is 0.338 e. The molecule has 0 heterocycles. The molecule has 1 N–H and O–H groups in total. The van der Waals surface area contributed by atoms with E-state index in [0.717, 1.165) is 31.7 Å². The normalized spacial score (nSPS) is 30.8. The van der Waals surface area contributed by atoms with E-state index < -0.39 is 0 Å². The number of allylic oxidation sites excluding steroid dienone is 1. The van der Waals surface area contributed by atoms with Crippen molar-refractivity contribution in [3.8, 4) is 0 Å². The standard InChI is InChI=1S/C13H22N2O/c1-3-4-7-14-13(16)15(2)12-9-10-5-6-11(12)8-10/h5-6,10-12H,3-4,7-9H2,1-2H3,(H,14,16)/t10-,11+,12+/m0/s1. The maximum absolute atomic E-state index is 11.9. The molecule has 16 heavy (non-hydrogen) atoms. The molecule has 0 saturated heterocycles. The SMILES string of the molecule is CCCCNC(=O)N(C)[C@@H]1C[C@H]2C=C[C@@H]1C2. The molecule has 2 aliphatic carbocycles. The summed E-state index contributed by atoms with van der Waals surface area (Å²) in [6, 6.07) is 0.524. The lowest BCUT2D eigenvalue weighted by Crippen LogP contribution is -2.45. The van der Waals surface area contributed by atoms with Crippen molar-refractivity contribution in [2.75, 3.05) is 13.6 Å². The summed E-state index contributed by atoms with van der Waals surface area (Å²) in [6.07, 6.45) is 9.19. The van der Waals surface area contributed by atoms with E-state index in [9.17, 15) is 4.79 Å². The topological polar surface area (TPSA) is 32.3 Å². The van der Waals surface area contributed by atoms with Crippen LogP contribution in [0.3, 0.4) is 0 Å². The minimum atomic E-state index is 0.0967. The van der Waals surface area contributed by atoms with E-state index in [0.29, 0.717) is 12.0 Å². The van der Waals surface area contributed by atoms with Crippen LogP contribution in [0.25, 0.3) is 0 Å². The van der Waals surface area contributed by atoms with Crippen LogP contribution >= 0.6 is 0 Å². The molecular formula is C13H22N2O. The van der Waals surface area contributed by atoms with E-state index in [4.69, 9.17) is 0 Å². The number of amides is 2. The highest BCUT2D eigenvalue weighted by molar-refractivity contribution is 5.74. The molecule has 3 heteroatoms. The van der Waals surface area contributed by atoms with Crippen LogP contribution in [0.2, 0.25) is 0 Å². The fourth-order valence-corrected chi connectivity index (χ4v) is 2.84. The average Bonchev–Trinajstić information content (AvgIpc) is 2.90. The number of nitrogens with one attached hydrogen (secondary N) is 1. The Bertz CT molecular complexity index is 288. The first kappa shape index (κ1) is 11.5. The van der Waals surface area contributed by atoms with Gasteiger partial charge in [-0.25, -0.2) is 4.79 Å². The summed E-state index contributed by atoms with van der Waals surface area (Å²) in [6.45, 7) is 2.94. The number of unbranched alkanes of at least 4 members (excludes halogenated alkanes) is 1. The number of carbonyl (C=O) groups excluding carboxylic acids is 1. The summed E-state index contributed by atoms with van der Waals surface area (Å²) in [5, 5.41) is 2.98. The molecule has 2 bridgehead atoms. The van der Waals surface area contributed by atoms with Gasteiger partial charge in [0.05, 0.1) is 0 Å². The van der Waals surface area contributed by atoms with Crippen molar-refractivity contribution in [3.05, 3.63) is 12.2 Å². The second kappa shape index (κ2) is 4.89. The summed E-state index contributed by atoms with van der Waals surface area (Å²) in [4.78, 5) is 13.8. The lowest BCUT2D eigenvalue weighted by molar-refractivity contribution is 0.181. The molecule has 2 amide bonds. The molecule has 0 spiro atoms. The predicted molar refractivity (Wildman–Crippen MR) is 65.2 cm³/mol. The molecule has 1 saturated carbocycles. The predicted octanol–water partition coefficient (Wildman–Crippen LogP) is 2.39. The van der Waals surface area contributed by atoms with Gasteiger partial charge in [-0.3, -0.25) is 0 Å². The highest BCUT2D eigenvalue weighted by Gasteiger charge is 2.39.